The van der Waals surface area contributed by atoms with Crippen molar-refractivity contribution in [2.24, 2.45) is 5.84 Å². The molecule has 0 fully saturated rings. The molecule has 3 N–H and O–H groups in total. The maximum absolute atomic E-state index is 14.3. The van der Waals surface area contributed by atoms with Gasteiger partial charge in [-0.25, -0.2) is 14.2 Å². The van der Waals surface area contributed by atoms with Crippen molar-refractivity contribution in [2.45, 2.75) is 19.9 Å². The van der Waals surface area contributed by atoms with E-state index in [1.165, 1.54) is 12.1 Å². The van der Waals surface area contributed by atoms with Gasteiger partial charge in [-0.05, 0) is 48.7 Å². The zero-order chi connectivity index (χ0) is 15.6. The van der Waals surface area contributed by atoms with Gasteiger partial charge in [0.1, 0.15) is 17.4 Å². The minimum absolute atomic E-state index is 0.0780. The van der Waals surface area contributed by atoms with Gasteiger partial charge in [-0.1, -0.05) is 12.1 Å². The first-order valence-electron chi connectivity index (χ1n) is 6.54. The van der Waals surface area contributed by atoms with Crippen LogP contribution in [0.3, 0.4) is 0 Å². The SMILES string of the molecule is COc1ccc(C(NN)c2c(F)ccc(C)c2F)c(C)c1. The molecule has 1 atom stereocenters. The predicted molar refractivity (Wildman–Crippen MR) is 78.0 cm³/mol. The van der Waals surface area contributed by atoms with Crippen molar-refractivity contribution in [2.75, 3.05) is 7.11 Å². The van der Waals surface area contributed by atoms with Gasteiger partial charge in [0.2, 0.25) is 0 Å². The van der Waals surface area contributed by atoms with Crippen molar-refractivity contribution in [3.63, 3.8) is 0 Å². The highest BCUT2D eigenvalue weighted by atomic mass is 19.1. The molecule has 0 aliphatic heterocycles. The van der Waals surface area contributed by atoms with Gasteiger partial charge in [-0.15, -0.1) is 0 Å². The molecule has 3 nitrogen and oxygen atoms in total. The molecule has 0 radical (unpaired) electrons. The number of nitrogens with one attached hydrogen (secondary N) is 1. The van der Waals surface area contributed by atoms with Crippen LogP contribution in [0.25, 0.3) is 0 Å². The molecule has 0 spiro atoms. The van der Waals surface area contributed by atoms with E-state index in [4.69, 9.17) is 10.6 Å². The number of hydrogen-bond donors (Lipinski definition) is 2. The molecule has 2 aromatic rings. The lowest BCUT2D eigenvalue weighted by molar-refractivity contribution is 0.414. The van der Waals surface area contributed by atoms with Gasteiger partial charge in [0.05, 0.1) is 13.2 Å². The standard InChI is InChI=1S/C16H18F2N2O/c1-9-4-7-13(17)14(15(9)18)16(20-19)12-6-5-11(21-3)8-10(12)2/h4-8,16,20H,19H2,1-3H3. The fraction of sp³-hybridized carbons (Fsp3) is 0.250. The zero-order valence-corrected chi connectivity index (χ0v) is 12.2. The second-order valence-corrected chi connectivity index (χ2v) is 4.91. The number of hydrazine groups is 1. The highest BCUT2D eigenvalue weighted by molar-refractivity contribution is 5.42. The maximum Gasteiger partial charge on any atom is 0.134 e. The third-order valence-corrected chi connectivity index (χ3v) is 3.56. The lowest BCUT2D eigenvalue weighted by Crippen LogP contribution is -2.31. The lowest BCUT2D eigenvalue weighted by atomic mass is 9.93. The van der Waals surface area contributed by atoms with Gasteiger partial charge in [0.25, 0.3) is 0 Å². The van der Waals surface area contributed by atoms with Crippen LogP contribution in [0.15, 0.2) is 30.3 Å². The van der Waals surface area contributed by atoms with Crippen molar-refractivity contribution in [3.05, 3.63) is 64.2 Å². The van der Waals surface area contributed by atoms with E-state index in [1.54, 1.807) is 32.2 Å². The van der Waals surface area contributed by atoms with Crippen LogP contribution in [0.4, 0.5) is 8.78 Å². The average molecular weight is 292 g/mol. The van der Waals surface area contributed by atoms with Gasteiger partial charge >= 0.3 is 0 Å². The Labute approximate surface area is 122 Å². The fourth-order valence-electron chi connectivity index (χ4n) is 2.37. The third kappa shape index (κ3) is 2.89. The van der Waals surface area contributed by atoms with Crippen LogP contribution < -0.4 is 16.0 Å². The van der Waals surface area contributed by atoms with Gasteiger partial charge in [0.15, 0.2) is 0 Å². The van der Waals surface area contributed by atoms with E-state index in [0.717, 1.165) is 5.56 Å². The van der Waals surface area contributed by atoms with Gasteiger partial charge in [-0.3, -0.25) is 5.84 Å². The topological polar surface area (TPSA) is 47.3 Å². The van der Waals surface area contributed by atoms with Crippen molar-refractivity contribution < 1.29 is 13.5 Å². The molecule has 0 heterocycles. The van der Waals surface area contributed by atoms with Crippen LogP contribution in [0, 0.1) is 25.5 Å². The number of ether oxygens (including phenoxy) is 1. The average Bonchev–Trinajstić information content (AvgIpc) is 2.48. The molecule has 0 saturated carbocycles. The van der Waals surface area contributed by atoms with Crippen LogP contribution in [0.1, 0.15) is 28.3 Å². The smallest absolute Gasteiger partial charge is 0.134 e. The number of benzene rings is 2. The van der Waals surface area contributed by atoms with E-state index in [1.807, 2.05) is 6.92 Å². The molecule has 0 aromatic heterocycles. The van der Waals surface area contributed by atoms with Crippen LogP contribution in [0.2, 0.25) is 0 Å². The fourth-order valence-corrected chi connectivity index (χ4v) is 2.37. The van der Waals surface area contributed by atoms with E-state index in [-0.39, 0.29) is 5.56 Å². The Morgan fingerprint density at radius 3 is 2.38 bits per heavy atom. The van der Waals surface area contributed by atoms with E-state index in [9.17, 15) is 8.78 Å². The monoisotopic (exact) mass is 292 g/mol. The maximum atomic E-state index is 14.3. The molecule has 1 unspecified atom stereocenters. The third-order valence-electron chi connectivity index (χ3n) is 3.56. The Kier molecular flexibility index (Phi) is 4.55. The number of hydrogen-bond acceptors (Lipinski definition) is 3. The summed E-state index contributed by atoms with van der Waals surface area (Å²) in [6, 6.07) is 7.17. The summed E-state index contributed by atoms with van der Waals surface area (Å²) in [6.07, 6.45) is 0. The zero-order valence-electron chi connectivity index (χ0n) is 12.2. The van der Waals surface area contributed by atoms with Crippen molar-refractivity contribution in [1.29, 1.82) is 0 Å². The molecular weight excluding hydrogens is 274 g/mol. The Bertz CT molecular complexity index is 659. The Balaban J connectivity index is 2.58. The number of halogens is 2. The summed E-state index contributed by atoms with van der Waals surface area (Å²) < 4.78 is 33.5. The molecule has 21 heavy (non-hydrogen) atoms. The normalized spacial score (nSPS) is 12.3. The van der Waals surface area contributed by atoms with Crippen molar-refractivity contribution in [1.82, 2.24) is 5.43 Å². The number of rotatable bonds is 4. The highest BCUT2D eigenvalue weighted by Gasteiger charge is 2.23. The molecule has 112 valence electrons. The Morgan fingerprint density at radius 2 is 1.81 bits per heavy atom. The minimum Gasteiger partial charge on any atom is -0.497 e. The second-order valence-electron chi connectivity index (χ2n) is 4.91. The van der Waals surface area contributed by atoms with Crippen LogP contribution in [-0.4, -0.2) is 7.11 Å². The molecule has 2 aromatic carbocycles. The van der Waals surface area contributed by atoms with Gasteiger partial charge < -0.3 is 4.74 Å². The van der Waals surface area contributed by atoms with Gasteiger partial charge in [-0.2, -0.15) is 0 Å². The van der Waals surface area contributed by atoms with E-state index >= 15 is 0 Å². The molecule has 0 saturated heterocycles. The van der Waals surface area contributed by atoms with Crippen molar-refractivity contribution >= 4 is 0 Å². The summed E-state index contributed by atoms with van der Waals surface area (Å²) in [5.41, 5.74) is 4.32. The van der Waals surface area contributed by atoms with E-state index < -0.39 is 17.7 Å². The molecule has 0 bridgehead atoms. The largest absolute Gasteiger partial charge is 0.497 e. The molecule has 0 aliphatic carbocycles. The van der Waals surface area contributed by atoms with E-state index in [2.05, 4.69) is 5.43 Å². The Morgan fingerprint density at radius 1 is 1.10 bits per heavy atom. The number of methoxy groups -OCH3 is 1. The minimum atomic E-state index is -0.768. The summed E-state index contributed by atoms with van der Waals surface area (Å²) in [6.45, 7) is 3.43. The number of nitrogens with two attached hydrogens (primary N) is 1. The predicted octanol–water partition coefficient (Wildman–Crippen LogP) is 3.14. The molecule has 0 aliphatic rings. The first-order chi connectivity index (χ1) is 9.99. The number of aryl methyl sites for hydroxylation is 2. The summed E-state index contributed by atoms with van der Waals surface area (Å²) in [7, 11) is 1.56. The molecule has 5 heteroatoms. The summed E-state index contributed by atoms with van der Waals surface area (Å²) >= 11 is 0. The first kappa shape index (κ1) is 15.4. The van der Waals surface area contributed by atoms with Crippen LogP contribution >= 0.6 is 0 Å². The van der Waals surface area contributed by atoms with Crippen LogP contribution in [0.5, 0.6) is 5.75 Å². The first-order valence-corrected chi connectivity index (χ1v) is 6.54. The quantitative estimate of drug-likeness (QED) is 0.672. The summed E-state index contributed by atoms with van der Waals surface area (Å²) in [4.78, 5) is 0. The summed E-state index contributed by atoms with van der Waals surface area (Å²) in [5.74, 6) is 5.01. The van der Waals surface area contributed by atoms with Gasteiger partial charge in [0, 0.05) is 5.56 Å². The molecule has 0 amide bonds. The Hall–Kier alpha value is -1.98. The molecular formula is C16H18F2N2O. The lowest BCUT2D eigenvalue weighted by Gasteiger charge is -2.21. The second kappa shape index (κ2) is 6.20. The molecule has 2 rings (SSSR count). The highest BCUT2D eigenvalue weighted by Crippen LogP contribution is 2.31. The summed E-state index contributed by atoms with van der Waals surface area (Å²) in [5, 5.41) is 0. The van der Waals surface area contributed by atoms with E-state index in [0.29, 0.717) is 16.9 Å². The van der Waals surface area contributed by atoms with Crippen molar-refractivity contribution in [3.8, 4) is 5.75 Å². The van der Waals surface area contributed by atoms with Crippen LogP contribution in [-0.2, 0) is 0 Å².